The van der Waals surface area contributed by atoms with Gasteiger partial charge in [0.2, 0.25) is 0 Å². The molecular formula is C25H18N4O5. The lowest BCUT2D eigenvalue weighted by atomic mass is 9.96. The number of imide groups is 1. The zero-order valence-corrected chi connectivity index (χ0v) is 17.6. The van der Waals surface area contributed by atoms with Gasteiger partial charge in [-0.3, -0.25) is 20.2 Å². The lowest BCUT2D eigenvalue weighted by Gasteiger charge is -2.42. The number of fused-ring (bicyclic) bond motifs is 13. The molecule has 0 radical (unpaired) electrons. The van der Waals surface area contributed by atoms with Gasteiger partial charge in [-0.2, -0.15) is 0 Å². The van der Waals surface area contributed by atoms with E-state index in [0.717, 1.165) is 21.8 Å². The van der Waals surface area contributed by atoms with Gasteiger partial charge in [-0.15, -0.1) is 0 Å². The highest BCUT2D eigenvalue weighted by molar-refractivity contribution is 6.39. The zero-order chi connectivity index (χ0) is 23.0. The topological polar surface area (TPSA) is 129 Å². The normalized spacial score (nSPS) is 27.8. The van der Waals surface area contributed by atoms with Crippen molar-refractivity contribution in [1.29, 1.82) is 0 Å². The molecule has 5 aromatic rings. The fourth-order valence-corrected chi connectivity index (χ4v) is 6.41. The number of para-hydroxylation sites is 2. The van der Waals surface area contributed by atoms with Crippen molar-refractivity contribution >= 4 is 55.4 Å². The number of aliphatic hydroxyl groups excluding tert-OH is 3. The van der Waals surface area contributed by atoms with E-state index in [-0.39, 0.29) is 0 Å². The summed E-state index contributed by atoms with van der Waals surface area (Å²) in [5.41, 5.74) is 3.48. The first-order chi connectivity index (χ1) is 16.5. The van der Waals surface area contributed by atoms with Crippen LogP contribution in [0.1, 0.15) is 33.0 Å². The minimum atomic E-state index is -1.41. The quantitative estimate of drug-likeness (QED) is 0.226. The molecule has 5 heterocycles. The van der Waals surface area contributed by atoms with Crippen LogP contribution in [-0.4, -0.2) is 54.6 Å². The summed E-state index contributed by atoms with van der Waals surface area (Å²) in [5, 5.41) is 41.6. The molecule has 1 unspecified atom stereocenters. The van der Waals surface area contributed by atoms with Crippen LogP contribution in [0.4, 0.5) is 0 Å². The Morgan fingerprint density at radius 3 is 1.56 bits per heavy atom. The van der Waals surface area contributed by atoms with E-state index < -0.39 is 42.5 Å². The number of aromatic nitrogens is 2. The van der Waals surface area contributed by atoms with Crippen LogP contribution < -0.4 is 10.6 Å². The zero-order valence-electron chi connectivity index (χ0n) is 17.6. The van der Waals surface area contributed by atoms with Gasteiger partial charge in [0.15, 0.2) is 0 Å². The summed E-state index contributed by atoms with van der Waals surface area (Å²) in [5.74, 6) is -0.912. The summed E-state index contributed by atoms with van der Waals surface area (Å²) >= 11 is 0. The molecule has 5 N–H and O–H groups in total. The Kier molecular flexibility index (Phi) is 3.20. The van der Waals surface area contributed by atoms with E-state index in [4.69, 9.17) is 0 Å². The molecule has 3 aromatic carbocycles. The van der Waals surface area contributed by atoms with Crippen molar-refractivity contribution in [2.45, 2.75) is 30.6 Å². The van der Waals surface area contributed by atoms with E-state index in [9.17, 15) is 24.9 Å². The predicted molar refractivity (Wildman–Crippen MR) is 123 cm³/mol. The molecule has 0 saturated carbocycles. The van der Waals surface area contributed by atoms with Gasteiger partial charge in [-0.25, -0.2) is 0 Å². The lowest BCUT2D eigenvalue weighted by Crippen LogP contribution is -2.59. The Morgan fingerprint density at radius 1 is 0.647 bits per heavy atom. The van der Waals surface area contributed by atoms with Gasteiger partial charge in [0, 0.05) is 21.5 Å². The number of benzene rings is 3. The van der Waals surface area contributed by atoms with Gasteiger partial charge in [0.25, 0.3) is 11.8 Å². The summed E-state index contributed by atoms with van der Waals surface area (Å²) in [6.45, 7) is 0. The fourth-order valence-electron chi connectivity index (χ4n) is 6.41. The molecule has 8 rings (SSSR count). The number of amides is 2. The maximum atomic E-state index is 13.1. The van der Waals surface area contributed by atoms with E-state index in [1.54, 1.807) is 0 Å². The van der Waals surface area contributed by atoms with Crippen LogP contribution in [-0.2, 0) is 0 Å². The van der Waals surface area contributed by atoms with E-state index in [1.165, 1.54) is 0 Å². The Balaban J connectivity index is 1.77. The van der Waals surface area contributed by atoms with E-state index in [0.29, 0.717) is 32.9 Å². The smallest absolute Gasteiger partial charge is 0.259 e. The molecule has 2 amide bonds. The van der Waals surface area contributed by atoms with Gasteiger partial charge < -0.3 is 24.5 Å². The first-order valence-corrected chi connectivity index (χ1v) is 11.2. The summed E-state index contributed by atoms with van der Waals surface area (Å²) < 4.78 is 3.80. The Hall–Kier alpha value is -3.76. The molecule has 1 saturated heterocycles. The van der Waals surface area contributed by atoms with Crippen LogP contribution in [0.2, 0.25) is 0 Å². The molecule has 0 aliphatic carbocycles. The lowest BCUT2D eigenvalue weighted by molar-refractivity contribution is -0.136. The number of hydrogen-bond donors (Lipinski definition) is 5. The predicted octanol–water partition coefficient (Wildman–Crippen LogP) is 1.48. The molecule has 2 bridgehead atoms. The minimum Gasteiger partial charge on any atom is -0.387 e. The number of piperidine rings is 1. The Morgan fingerprint density at radius 2 is 1.09 bits per heavy atom. The Bertz CT molecular complexity index is 1660. The average Bonchev–Trinajstić information content (AvgIpc) is 3.42. The number of rotatable bonds is 0. The van der Waals surface area contributed by atoms with Crippen molar-refractivity contribution in [2.75, 3.05) is 0 Å². The number of nitrogens with zero attached hydrogens (tertiary/aromatic N) is 2. The van der Waals surface area contributed by atoms with Gasteiger partial charge in [0.05, 0.1) is 33.2 Å². The SMILES string of the molecule is O=C1NC(=O)c2c1c1c3ccccc3n3c1c1c2c2ccccc2n1[C@H]1N[C@@H]3[C@@H](O)C(O)[C@H]1O. The first-order valence-electron chi connectivity index (χ1n) is 11.2. The van der Waals surface area contributed by atoms with E-state index >= 15 is 0 Å². The second kappa shape index (κ2) is 5.83. The highest BCUT2D eigenvalue weighted by Crippen LogP contribution is 2.49. The van der Waals surface area contributed by atoms with Crippen LogP contribution in [0.5, 0.6) is 0 Å². The summed E-state index contributed by atoms with van der Waals surface area (Å²) in [7, 11) is 0. The van der Waals surface area contributed by atoms with Crippen LogP contribution in [0.15, 0.2) is 48.5 Å². The van der Waals surface area contributed by atoms with Crippen molar-refractivity contribution in [1.82, 2.24) is 19.8 Å². The molecule has 1 fully saturated rings. The first kappa shape index (κ1) is 18.6. The standard InChI is InChI=1S/C25H18N4O5/c30-19-20(31)22-26-23(21(19)32)29-12-8-4-2-6-10(12)14-16-15(24(33)27-25(16)34)13-9-5-1-3-7-11(9)28(22)17(13)18(14)29/h1-8,19-23,26,30-32H,(H,27,33,34)/t19?,20-,21+,22-,23+. The Labute approximate surface area is 190 Å². The van der Waals surface area contributed by atoms with Crippen molar-refractivity contribution in [3.8, 4) is 0 Å². The molecule has 3 aliphatic rings. The maximum Gasteiger partial charge on any atom is 0.259 e. The third-order valence-electron chi connectivity index (χ3n) is 7.72. The number of nitrogens with one attached hydrogen (secondary N) is 2. The van der Waals surface area contributed by atoms with Gasteiger partial charge in [-0.1, -0.05) is 36.4 Å². The number of carbonyl (C=O) groups is 2. The summed E-state index contributed by atoms with van der Waals surface area (Å²) in [6, 6.07) is 15.0. The average molecular weight is 454 g/mol. The molecule has 9 nitrogen and oxygen atoms in total. The second-order valence-electron chi connectivity index (χ2n) is 9.28. The van der Waals surface area contributed by atoms with Crippen LogP contribution in [0.25, 0.3) is 43.6 Å². The molecule has 9 heteroatoms. The number of hydrogen-bond acceptors (Lipinski definition) is 6. The molecule has 5 atom stereocenters. The van der Waals surface area contributed by atoms with Crippen molar-refractivity contribution in [3.05, 3.63) is 59.7 Å². The maximum absolute atomic E-state index is 13.1. The monoisotopic (exact) mass is 454 g/mol. The largest absolute Gasteiger partial charge is 0.387 e. The van der Waals surface area contributed by atoms with Gasteiger partial charge >= 0.3 is 0 Å². The number of carbonyl (C=O) groups excluding carboxylic acids is 2. The molecule has 34 heavy (non-hydrogen) atoms. The van der Waals surface area contributed by atoms with Gasteiger partial charge in [-0.05, 0) is 12.1 Å². The highest BCUT2D eigenvalue weighted by atomic mass is 16.4. The second-order valence-corrected chi connectivity index (χ2v) is 9.28. The summed E-state index contributed by atoms with van der Waals surface area (Å²) in [6.07, 6.45) is -5.56. The van der Waals surface area contributed by atoms with Crippen LogP contribution in [0.3, 0.4) is 0 Å². The van der Waals surface area contributed by atoms with Gasteiger partial charge in [0.1, 0.15) is 30.6 Å². The molecule has 0 spiro atoms. The van der Waals surface area contributed by atoms with Crippen molar-refractivity contribution in [2.24, 2.45) is 0 Å². The van der Waals surface area contributed by atoms with Crippen molar-refractivity contribution in [3.63, 3.8) is 0 Å². The minimum absolute atomic E-state index is 0.317. The third kappa shape index (κ3) is 1.86. The molecule has 168 valence electrons. The number of aliphatic hydroxyl groups is 3. The van der Waals surface area contributed by atoms with E-state index in [2.05, 4.69) is 10.6 Å². The molecule has 2 aromatic heterocycles. The molecule has 3 aliphatic heterocycles. The van der Waals surface area contributed by atoms with Crippen LogP contribution in [0, 0.1) is 0 Å². The summed E-state index contributed by atoms with van der Waals surface area (Å²) in [4.78, 5) is 26.3. The molecular weight excluding hydrogens is 436 g/mol. The highest BCUT2D eigenvalue weighted by Gasteiger charge is 2.49. The fraction of sp³-hybridized carbons (Fsp3) is 0.200. The third-order valence-corrected chi connectivity index (χ3v) is 7.72. The van der Waals surface area contributed by atoms with Crippen molar-refractivity contribution < 1.29 is 24.9 Å². The van der Waals surface area contributed by atoms with E-state index in [1.807, 2.05) is 57.7 Å². The van der Waals surface area contributed by atoms with Crippen LogP contribution >= 0.6 is 0 Å².